The van der Waals surface area contributed by atoms with E-state index < -0.39 is 0 Å². The number of hydrogen-bond acceptors (Lipinski definition) is 4. The number of halogens is 1. The molecule has 0 bridgehead atoms. The summed E-state index contributed by atoms with van der Waals surface area (Å²) in [7, 11) is 3.71. The highest BCUT2D eigenvalue weighted by atomic mass is 79.9. The van der Waals surface area contributed by atoms with Gasteiger partial charge < -0.3 is 9.32 Å². The molecule has 0 saturated heterocycles. The van der Waals surface area contributed by atoms with Crippen molar-refractivity contribution in [2.75, 3.05) is 14.1 Å². The molecule has 0 spiro atoms. The Balaban J connectivity index is 2.58. The molecule has 5 nitrogen and oxygen atoms in total. The standard InChI is InChI=1S/C15H16BrN3O2/c1-9-5-6-13(21-9)14-12(16)7-11(10(2)20)15(18-14)17-8-19(3)4/h5-8H,1-4H3/b17-8-. The average molecular weight is 350 g/mol. The van der Waals surface area contributed by atoms with Crippen molar-refractivity contribution in [1.29, 1.82) is 0 Å². The number of nitrogens with zero attached hydrogens (tertiary/aromatic N) is 3. The van der Waals surface area contributed by atoms with Gasteiger partial charge in [0.25, 0.3) is 0 Å². The Labute approximate surface area is 131 Å². The molecule has 2 heterocycles. The van der Waals surface area contributed by atoms with Crippen molar-refractivity contribution < 1.29 is 9.21 Å². The predicted molar refractivity (Wildman–Crippen MR) is 86.2 cm³/mol. The third-order valence-corrected chi connectivity index (χ3v) is 3.32. The van der Waals surface area contributed by atoms with Crippen LogP contribution >= 0.6 is 15.9 Å². The largest absolute Gasteiger partial charge is 0.460 e. The number of carbonyl (C=O) groups excluding carboxylic acids is 1. The first-order chi connectivity index (χ1) is 9.88. The zero-order valence-corrected chi connectivity index (χ0v) is 13.9. The molecule has 0 fully saturated rings. The van der Waals surface area contributed by atoms with Crippen LogP contribution in [0.3, 0.4) is 0 Å². The molecule has 0 saturated carbocycles. The molecule has 0 amide bonds. The van der Waals surface area contributed by atoms with E-state index in [1.807, 2.05) is 33.2 Å². The number of Topliss-reactive ketones (excluding diaryl/α,β-unsaturated/α-hetero) is 1. The van der Waals surface area contributed by atoms with Gasteiger partial charge in [0, 0.05) is 18.6 Å². The number of aryl methyl sites for hydroxylation is 1. The molecule has 0 aliphatic rings. The maximum Gasteiger partial charge on any atom is 0.165 e. The number of carbonyl (C=O) groups is 1. The van der Waals surface area contributed by atoms with Gasteiger partial charge in [-0.2, -0.15) is 0 Å². The summed E-state index contributed by atoms with van der Waals surface area (Å²) in [4.78, 5) is 22.3. The molecule has 0 radical (unpaired) electrons. The molecule has 2 aromatic heterocycles. The number of ketones is 1. The van der Waals surface area contributed by atoms with Crippen molar-refractivity contribution >= 4 is 33.9 Å². The topological polar surface area (TPSA) is 58.7 Å². The van der Waals surface area contributed by atoms with E-state index >= 15 is 0 Å². The summed E-state index contributed by atoms with van der Waals surface area (Å²) in [6, 6.07) is 5.44. The summed E-state index contributed by atoms with van der Waals surface area (Å²) >= 11 is 3.44. The molecule has 0 aliphatic carbocycles. The highest BCUT2D eigenvalue weighted by Crippen LogP contribution is 2.32. The Bertz CT molecular complexity index is 705. The molecule has 0 aliphatic heterocycles. The van der Waals surface area contributed by atoms with Gasteiger partial charge in [0.15, 0.2) is 17.4 Å². The number of aromatic nitrogens is 1. The van der Waals surface area contributed by atoms with Crippen LogP contribution in [0.15, 0.2) is 32.1 Å². The van der Waals surface area contributed by atoms with E-state index in [4.69, 9.17) is 4.42 Å². The van der Waals surface area contributed by atoms with Gasteiger partial charge in [0.2, 0.25) is 0 Å². The Morgan fingerprint density at radius 2 is 2.14 bits per heavy atom. The lowest BCUT2D eigenvalue weighted by Gasteiger charge is -2.08. The van der Waals surface area contributed by atoms with Gasteiger partial charge in [-0.3, -0.25) is 4.79 Å². The number of hydrogen-bond donors (Lipinski definition) is 0. The zero-order valence-electron chi connectivity index (χ0n) is 12.3. The lowest BCUT2D eigenvalue weighted by Crippen LogP contribution is -2.08. The smallest absolute Gasteiger partial charge is 0.165 e. The van der Waals surface area contributed by atoms with E-state index in [1.165, 1.54) is 6.92 Å². The molecule has 0 N–H and O–H groups in total. The Morgan fingerprint density at radius 1 is 1.43 bits per heavy atom. The van der Waals surface area contributed by atoms with E-state index in [9.17, 15) is 4.79 Å². The van der Waals surface area contributed by atoms with Gasteiger partial charge in [0.1, 0.15) is 11.5 Å². The number of rotatable bonds is 4. The van der Waals surface area contributed by atoms with Crippen molar-refractivity contribution in [2.45, 2.75) is 13.8 Å². The van der Waals surface area contributed by atoms with Crippen molar-refractivity contribution in [1.82, 2.24) is 9.88 Å². The number of pyridine rings is 1. The van der Waals surface area contributed by atoms with Crippen LogP contribution in [0.1, 0.15) is 23.0 Å². The summed E-state index contributed by atoms with van der Waals surface area (Å²) in [5, 5.41) is 0. The minimum atomic E-state index is -0.0868. The van der Waals surface area contributed by atoms with Crippen LogP contribution < -0.4 is 0 Å². The number of furan rings is 1. The summed E-state index contributed by atoms with van der Waals surface area (Å²) in [5.41, 5.74) is 1.09. The molecule has 110 valence electrons. The molecule has 6 heteroatoms. The van der Waals surface area contributed by atoms with Gasteiger partial charge in [-0.15, -0.1) is 0 Å². The lowest BCUT2D eigenvalue weighted by molar-refractivity contribution is 0.101. The number of aliphatic imine (C=N–C) groups is 1. The minimum absolute atomic E-state index is 0.0868. The highest BCUT2D eigenvalue weighted by molar-refractivity contribution is 9.10. The van der Waals surface area contributed by atoms with Crippen LogP contribution in [0, 0.1) is 6.92 Å². The molecular weight excluding hydrogens is 334 g/mol. The Hall–Kier alpha value is -1.95. The summed E-state index contributed by atoms with van der Waals surface area (Å²) < 4.78 is 6.29. The first-order valence-corrected chi connectivity index (χ1v) is 7.16. The van der Waals surface area contributed by atoms with Crippen molar-refractivity contribution in [3.8, 4) is 11.5 Å². The maximum atomic E-state index is 11.7. The van der Waals surface area contributed by atoms with Crippen molar-refractivity contribution in [3.63, 3.8) is 0 Å². The van der Waals surface area contributed by atoms with Crippen LogP contribution in [-0.2, 0) is 0 Å². The molecule has 2 aromatic rings. The fraction of sp³-hybridized carbons (Fsp3) is 0.267. The first kappa shape index (κ1) is 15.4. The van der Waals surface area contributed by atoms with Gasteiger partial charge in [-0.1, -0.05) is 0 Å². The molecule has 21 heavy (non-hydrogen) atoms. The minimum Gasteiger partial charge on any atom is -0.460 e. The fourth-order valence-corrected chi connectivity index (χ4v) is 2.25. The van der Waals surface area contributed by atoms with E-state index in [-0.39, 0.29) is 5.78 Å². The molecular formula is C15H16BrN3O2. The van der Waals surface area contributed by atoms with E-state index in [0.717, 1.165) is 5.76 Å². The molecule has 0 aromatic carbocycles. The monoisotopic (exact) mass is 349 g/mol. The van der Waals surface area contributed by atoms with Crippen LogP contribution in [-0.4, -0.2) is 36.1 Å². The maximum absolute atomic E-state index is 11.7. The van der Waals surface area contributed by atoms with E-state index in [2.05, 4.69) is 25.9 Å². The van der Waals surface area contributed by atoms with E-state index in [0.29, 0.717) is 27.3 Å². The second-order valence-electron chi connectivity index (χ2n) is 4.86. The second-order valence-corrected chi connectivity index (χ2v) is 5.72. The first-order valence-electron chi connectivity index (χ1n) is 6.37. The predicted octanol–water partition coefficient (Wildman–Crippen LogP) is 3.84. The Kier molecular flexibility index (Phi) is 4.57. The van der Waals surface area contributed by atoms with Gasteiger partial charge in [0.05, 0.1) is 11.9 Å². The van der Waals surface area contributed by atoms with Crippen molar-refractivity contribution in [2.24, 2.45) is 4.99 Å². The molecule has 0 unspecified atom stereocenters. The third-order valence-electron chi connectivity index (χ3n) is 2.72. The summed E-state index contributed by atoms with van der Waals surface area (Å²) in [6.45, 7) is 3.36. The normalized spacial score (nSPS) is 11.1. The molecule has 2 rings (SSSR count). The zero-order chi connectivity index (χ0) is 15.6. The fourth-order valence-electron chi connectivity index (χ4n) is 1.74. The summed E-state index contributed by atoms with van der Waals surface area (Å²) in [5.74, 6) is 1.73. The van der Waals surface area contributed by atoms with Crippen LogP contribution in [0.5, 0.6) is 0 Å². The lowest BCUT2D eigenvalue weighted by atomic mass is 10.1. The SMILES string of the molecule is CC(=O)c1cc(Br)c(-c2ccc(C)o2)nc1/N=C\N(C)C. The van der Waals surface area contributed by atoms with E-state index in [1.54, 1.807) is 17.3 Å². The second kappa shape index (κ2) is 6.22. The highest BCUT2D eigenvalue weighted by Gasteiger charge is 2.16. The quantitative estimate of drug-likeness (QED) is 0.478. The van der Waals surface area contributed by atoms with Gasteiger partial charge >= 0.3 is 0 Å². The Morgan fingerprint density at radius 3 is 2.67 bits per heavy atom. The third kappa shape index (κ3) is 3.58. The van der Waals surface area contributed by atoms with Crippen LogP contribution in [0.4, 0.5) is 5.82 Å². The summed E-state index contributed by atoms with van der Waals surface area (Å²) in [6.07, 6.45) is 1.61. The molecule has 0 atom stereocenters. The van der Waals surface area contributed by atoms with Crippen molar-refractivity contribution in [3.05, 3.63) is 34.0 Å². The van der Waals surface area contributed by atoms with Gasteiger partial charge in [-0.05, 0) is 48.0 Å². The van der Waals surface area contributed by atoms with Crippen LogP contribution in [0.25, 0.3) is 11.5 Å². The van der Waals surface area contributed by atoms with Crippen LogP contribution in [0.2, 0.25) is 0 Å². The average Bonchev–Trinajstić information content (AvgIpc) is 2.83. The van der Waals surface area contributed by atoms with Gasteiger partial charge in [-0.25, -0.2) is 9.98 Å².